The highest BCUT2D eigenvalue weighted by molar-refractivity contribution is 7.42. The molecule has 4 unspecified atom stereocenters. The Morgan fingerprint density at radius 3 is 1.79 bits per heavy atom. The van der Waals surface area contributed by atoms with E-state index in [9.17, 15) is 8.78 Å². The van der Waals surface area contributed by atoms with Crippen molar-refractivity contribution in [3.63, 3.8) is 0 Å². The highest BCUT2D eigenvalue weighted by atomic mass is 35.5. The summed E-state index contributed by atoms with van der Waals surface area (Å²) >= 11 is 12.4. The molecule has 132 valence electrons. The number of aromatic nitrogens is 2. The summed E-state index contributed by atoms with van der Waals surface area (Å²) in [6, 6.07) is 2.29. The number of hydrogen-bond acceptors (Lipinski definition) is 1. The van der Waals surface area contributed by atoms with Crippen molar-refractivity contribution in [3.05, 3.63) is 45.7 Å². The molecule has 1 aromatic carbocycles. The van der Waals surface area contributed by atoms with Crippen LogP contribution in [-0.4, -0.2) is 20.1 Å². The summed E-state index contributed by atoms with van der Waals surface area (Å²) in [5.74, 6) is 0. The Hall–Kier alpha value is 0.520. The fourth-order valence-electron chi connectivity index (χ4n) is 2.25. The van der Waals surface area contributed by atoms with Gasteiger partial charge >= 0.3 is 0 Å². The van der Waals surface area contributed by atoms with Crippen LogP contribution >= 0.6 is 60.2 Å². The van der Waals surface area contributed by atoms with Crippen LogP contribution in [0.3, 0.4) is 0 Å². The molecule has 0 amide bonds. The van der Waals surface area contributed by atoms with Gasteiger partial charge in [0.05, 0.1) is 16.2 Å². The molecule has 24 heavy (non-hydrogen) atoms. The minimum absolute atomic E-state index is 0.0149. The molecule has 0 saturated heterocycles. The van der Waals surface area contributed by atoms with Gasteiger partial charge in [-0.2, -0.15) is 5.10 Å². The van der Waals surface area contributed by atoms with E-state index in [0.717, 1.165) is 17.7 Å². The normalized spacial score (nSPS) is 13.4. The Morgan fingerprint density at radius 1 is 1.00 bits per heavy atom. The third-order valence-corrected chi connectivity index (χ3v) is 5.58. The molecule has 1 aromatic heterocycles. The number of benzene rings is 1. The summed E-state index contributed by atoms with van der Waals surface area (Å²) in [7, 11) is 6.57. The molecule has 0 fully saturated rings. The van der Waals surface area contributed by atoms with Gasteiger partial charge in [0.2, 0.25) is 5.67 Å². The number of nitrogens with zero attached hydrogens (tertiary/aromatic N) is 2. The maximum Gasteiger partial charge on any atom is 0.216 e. The quantitative estimate of drug-likeness (QED) is 0.570. The van der Waals surface area contributed by atoms with Crippen LogP contribution in [0.15, 0.2) is 24.5 Å². The smallest absolute Gasteiger partial charge is 0.216 e. The lowest BCUT2D eigenvalue weighted by Crippen LogP contribution is -2.46. The molecule has 0 spiro atoms. The maximum absolute atomic E-state index is 15.5. The topological polar surface area (TPSA) is 17.8 Å². The average Bonchev–Trinajstić information content (AvgIpc) is 2.80. The van der Waals surface area contributed by atoms with Crippen molar-refractivity contribution in [2.24, 2.45) is 0 Å². The highest BCUT2D eigenvalue weighted by Gasteiger charge is 2.60. The fraction of sp³-hybridized carbons (Fsp3) is 0.308. The third-order valence-electron chi connectivity index (χ3n) is 3.41. The zero-order chi connectivity index (χ0) is 18.5. The zero-order valence-electron chi connectivity index (χ0n) is 12.4. The predicted octanol–water partition coefficient (Wildman–Crippen LogP) is 5.40. The number of rotatable bonds is 4. The molecule has 0 saturated carbocycles. The van der Waals surface area contributed by atoms with Crippen LogP contribution in [0.1, 0.15) is 11.1 Å². The second kappa shape index (κ2) is 6.92. The van der Waals surface area contributed by atoms with E-state index >= 15 is 4.39 Å². The van der Waals surface area contributed by atoms with Gasteiger partial charge in [0.25, 0.3) is 0 Å². The monoisotopic (exact) mass is 450 g/mol. The van der Waals surface area contributed by atoms with E-state index in [1.54, 1.807) is 49.4 Å². The first kappa shape index (κ1) is 20.8. The minimum atomic E-state index is -3.09. The van der Waals surface area contributed by atoms with Crippen LogP contribution in [0.25, 0.3) is 5.69 Å². The lowest BCUT2D eigenvalue weighted by Gasteiger charge is -2.41. The summed E-state index contributed by atoms with van der Waals surface area (Å²) in [5.41, 5.74) is -2.27. The van der Waals surface area contributed by atoms with Gasteiger partial charge in [0.1, 0.15) is 5.69 Å². The zero-order valence-corrected chi connectivity index (χ0v) is 18.5. The van der Waals surface area contributed by atoms with Gasteiger partial charge in [-0.05, 0) is 24.6 Å². The summed E-state index contributed by atoms with van der Waals surface area (Å²) in [4.78, 5) is 0. The number of halogens is 5. The van der Waals surface area contributed by atoms with E-state index in [4.69, 9.17) is 23.2 Å². The summed E-state index contributed by atoms with van der Waals surface area (Å²) in [6.07, 6.45) is 3.26. The van der Waals surface area contributed by atoms with E-state index in [1.165, 1.54) is 4.68 Å². The summed E-state index contributed by atoms with van der Waals surface area (Å²) in [5, 5.41) is -1.30. The van der Waals surface area contributed by atoms with Crippen molar-refractivity contribution in [2.45, 2.75) is 22.9 Å². The molecule has 0 aliphatic heterocycles. The summed E-state index contributed by atoms with van der Waals surface area (Å²) in [6.45, 7) is 1.83. The van der Waals surface area contributed by atoms with E-state index < -0.39 is 16.0 Å². The highest BCUT2D eigenvalue weighted by Crippen LogP contribution is 2.61. The van der Waals surface area contributed by atoms with Gasteiger partial charge in [-0.15, -0.1) is 0 Å². The van der Waals surface area contributed by atoms with E-state index in [0.29, 0.717) is 5.69 Å². The van der Waals surface area contributed by atoms with Crippen molar-refractivity contribution in [1.82, 2.24) is 9.78 Å². The second-order valence-corrected chi connectivity index (χ2v) is 11.0. The Morgan fingerprint density at radius 2 is 1.46 bits per heavy atom. The maximum atomic E-state index is 15.5. The van der Waals surface area contributed by atoms with Crippen molar-refractivity contribution in [1.29, 1.82) is 0 Å². The second-order valence-electron chi connectivity index (χ2n) is 5.45. The first-order chi connectivity index (χ1) is 10.8. The van der Waals surface area contributed by atoms with Crippen LogP contribution in [-0.2, 0) is 5.67 Å². The standard InChI is InChI=1S/C13H15Cl2F3N2P4/c1-6-4-19-20(5-6)10-8(14)2-7(3-9(10)15)11(16,12(17,21)22)13(18,23)24/h2-5H,21-24H2,1H3. The predicted molar refractivity (Wildman–Crippen MR) is 108 cm³/mol. The van der Waals surface area contributed by atoms with E-state index in [2.05, 4.69) is 5.10 Å². The molecular weight excluding hydrogens is 436 g/mol. The third kappa shape index (κ3) is 3.64. The lowest BCUT2D eigenvalue weighted by atomic mass is 9.96. The molecular formula is C13H15Cl2F3N2P4. The Bertz CT molecular complexity index is 734. The average molecular weight is 451 g/mol. The molecule has 0 radical (unpaired) electrons. The van der Waals surface area contributed by atoms with Crippen LogP contribution < -0.4 is 0 Å². The first-order valence-electron chi connectivity index (χ1n) is 6.52. The first-order valence-corrected chi connectivity index (χ1v) is 9.59. The van der Waals surface area contributed by atoms with Gasteiger partial charge in [0, 0.05) is 11.8 Å². The largest absolute Gasteiger partial charge is 0.238 e. The lowest BCUT2D eigenvalue weighted by molar-refractivity contribution is 0.0151. The Balaban J connectivity index is 2.69. The van der Waals surface area contributed by atoms with Crippen LogP contribution in [0, 0.1) is 6.92 Å². The minimum Gasteiger partial charge on any atom is -0.238 e. The van der Waals surface area contributed by atoms with Gasteiger partial charge in [-0.3, -0.25) is 0 Å². The molecule has 2 rings (SSSR count). The molecule has 1 heterocycles. The number of alkyl halides is 3. The summed E-state index contributed by atoms with van der Waals surface area (Å²) < 4.78 is 45.9. The van der Waals surface area contributed by atoms with Crippen molar-refractivity contribution >= 4 is 60.2 Å². The number of aryl methyl sites for hydroxylation is 1. The Kier molecular flexibility index (Phi) is 6.00. The molecule has 2 nitrogen and oxygen atoms in total. The Labute approximate surface area is 157 Å². The van der Waals surface area contributed by atoms with Gasteiger partial charge in [0.15, 0.2) is 10.3 Å². The van der Waals surface area contributed by atoms with Crippen LogP contribution in [0.5, 0.6) is 0 Å². The van der Waals surface area contributed by atoms with Crippen LogP contribution in [0.2, 0.25) is 10.0 Å². The molecule has 11 heteroatoms. The molecule has 4 atom stereocenters. The van der Waals surface area contributed by atoms with Crippen molar-refractivity contribution in [2.75, 3.05) is 0 Å². The van der Waals surface area contributed by atoms with Crippen molar-refractivity contribution in [3.8, 4) is 5.69 Å². The van der Waals surface area contributed by atoms with Crippen molar-refractivity contribution < 1.29 is 13.2 Å². The van der Waals surface area contributed by atoms with Crippen LogP contribution in [0.4, 0.5) is 13.2 Å². The van der Waals surface area contributed by atoms with E-state index in [1.807, 2.05) is 6.92 Å². The van der Waals surface area contributed by atoms with E-state index in [-0.39, 0.29) is 15.6 Å². The SMILES string of the molecule is Cc1cnn(-c2c(Cl)cc(C(F)(C(F)(P)P)C(F)(P)P)cc2Cl)c1. The number of hydrogen-bond donors (Lipinski definition) is 0. The molecule has 2 aromatic rings. The molecule has 0 bridgehead atoms. The molecule has 0 aliphatic carbocycles. The molecule has 0 aliphatic rings. The fourth-order valence-corrected chi connectivity index (χ4v) is 5.13. The van der Waals surface area contributed by atoms with Gasteiger partial charge in [-0.25, -0.2) is 17.9 Å². The van der Waals surface area contributed by atoms with Gasteiger partial charge < -0.3 is 0 Å². The van der Waals surface area contributed by atoms with Gasteiger partial charge in [-0.1, -0.05) is 60.2 Å². The molecule has 0 N–H and O–H groups in total.